The molecule has 0 fully saturated rings. The zero-order valence-corrected chi connectivity index (χ0v) is 10.7. The molecule has 0 amide bonds. The highest BCUT2D eigenvalue weighted by Crippen LogP contribution is 2.15. The number of nitrogens with one attached hydrogen (secondary N) is 1. The maximum absolute atomic E-state index is 3.40. The van der Waals surface area contributed by atoms with Crippen LogP contribution < -0.4 is 10.5 Å². The zero-order chi connectivity index (χ0) is 12.1. The first-order valence-electron chi connectivity index (χ1n) is 6.33. The molecule has 1 aromatic carbocycles. The second kappa shape index (κ2) is 5.73. The maximum atomic E-state index is 3.40. The van der Waals surface area contributed by atoms with Crippen LogP contribution in [0.5, 0.6) is 0 Å². The monoisotopic (exact) mass is 231 g/mol. The minimum Gasteiger partial charge on any atom is -0.298 e. The molecule has 1 aliphatic heterocycles. The number of hydrogen-bond acceptors (Lipinski definition) is 3. The molecule has 2 rings (SSSR count). The molecule has 1 N–H and O–H groups in total. The molecular weight excluding hydrogens is 210 g/mol. The summed E-state index contributed by atoms with van der Waals surface area (Å²) in [7, 11) is 0. The Hall–Kier alpha value is -1.48. The van der Waals surface area contributed by atoms with Crippen molar-refractivity contribution in [3.8, 4) is 0 Å². The Morgan fingerprint density at radius 3 is 2.71 bits per heavy atom. The summed E-state index contributed by atoms with van der Waals surface area (Å²) in [4.78, 5) is 0. The van der Waals surface area contributed by atoms with Gasteiger partial charge in [0, 0.05) is 12.7 Å². The topological polar surface area (TPSA) is 18.5 Å². The van der Waals surface area contributed by atoms with Gasteiger partial charge in [0.25, 0.3) is 0 Å². The van der Waals surface area contributed by atoms with E-state index in [1.165, 1.54) is 24.1 Å². The Balaban J connectivity index is 1.98. The molecule has 0 spiro atoms. The molecule has 0 unspecified atom stereocenters. The lowest BCUT2D eigenvalue weighted by atomic mass is 10.2. The van der Waals surface area contributed by atoms with Gasteiger partial charge in [0.15, 0.2) is 0 Å². The third kappa shape index (κ3) is 3.24. The molecule has 0 saturated heterocycles. The van der Waals surface area contributed by atoms with E-state index in [0.29, 0.717) is 0 Å². The minimum atomic E-state index is 0.908. The van der Waals surface area contributed by atoms with Crippen molar-refractivity contribution in [3.05, 3.63) is 42.1 Å². The van der Waals surface area contributed by atoms with Crippen LogP contribution in [-0.4, -0.2) is 18.1 Å². The Morgan fingerprint density at radius 1 is 1.24 bits per heavy atom. The summed E-state index contributed by atoms with van der Waals surface area (Å²) in [5, 5.41) is 4.31. The Labute approximate surface area is 104 Å². The summed E-state index contributed by atoms with van der Waals surface area (Å²) in [6.07, 6.45) is 6.74. The zero-order valence-electron chi connectivity index (χ0n) is 10.7. The van der Waals surface area contributed by atoms with Gasteiger partial charge < -0.3 is 0 Å². The van der Waals surface area contributed by atoms with Crippen LogP contribution in [0.4, 0.5) is 5.69 Å². The van der Waals surface area contributed by atoms with Gasteiger partial charge in [0.2, 0.25) is 0 Å². The molecule has 0 saturated carbocycles. The number of rotatable bonds is 4. The average molecular weight is 231 g/mol. The van der Waals surface area contributed by atoms with E-state index < -0.39 is 0 Å². The van der Waals surface area contributed by atoms with E-state index in [1.54, 1.807) is 0 Å². The second-order valence-electron chi connectivity index (χ2n) is 4.48. The minimum absolute atomic E-state index is 0.908. The van der Waals surface area contributed by atoms with Gasteiger partial charge >= 0.3 is 0 Å². The quantitative estimate of drug-likeness (QED) is 0.859. The highest BCUT2D eigenvalue weighted by molar-refractivity contribution is 5.47. The van der Waals surface area contributed by atoms with Crippen LogP contribution in [0.15, 0.2) is 36.5 Å². The fraction of sp³-hybridized carbons (Fsp3) is 0.429. The fourth-order valence-electron chi connectivity index (χ4n) is 1.85. The molecule has 0 atom stereocenters. The first-order valence-corrected chi connectivity index (χ1v) is 6.33. The third-order valence-electron chi connectivity index (χ3n) is 2.92. The number of anilines is 1. The Morgan fingerprint density at radius 2 is 2.00 bits per heavy atom. The molecule has 1 aliphatic rings. The highest BCUT2D eigenvalue weighted by Gasteiger charge is 2.11. The smallest absolute Gasteiger partial charge is 0.0560 e. The van der Waals surface area contributed by atoms with E-state index >= 15 is 0 Å². The number of hydrazine groups is 2. The van der Waals surface area contributed by atoms with Crippen LogP contribution in [-0.2, 0) is 0 Å². The van der Waals surface area contributed by atoms with Gasteiger partial charge in [0.05, 0.1) is 12.2 Å². The van der Waals surface area contributed by atoms with Crippen LogP contribution in [0.1, 0.15) is 25.3 Å². The molecule has 1 aromatic rings. The van der Waals surface area contributed by atoms with Crippen molar-refractivity contribution in [2.24, 2.45) is 0 Å². The number of nitrogens with zero attached hydrogens (tertiary/aromatic N) is 2. The van der Waals surface area contributed by atoms with Crippen molar-refractivity contribution >= 4 is 5.69 Å². The van der Waals surface area contributed by atoms with Gasteiger partial charge in [-0.05, 0) is 31.6 Å². The number of benzene rings is 1. The molecule has 3 nitrogen and oxygen atoms in total. The van der Waals surface area contributed by atoms with Gasteiger partial charge in [-0.15, -0.1) is 5.53 Å². The van der Waals surface area contributed by atoms with Crippen molar-refractivity contribution in [1.29, 1.82) is 0 Å². The van der Waals surface area contributed by atoms with E-state index in [0.717, 1.165) is 13.1 Å². The molecule has 92 valence electrons. The molecule has 0 aromatic heterocycles. The predicted octanol–water partition coefficient (Wildman–Crippen LogP) is 2.85. The van der Waals surface area contributed by atoms with Crippen LogP contribution in [0.2, 0.25) is 0 Å². The summed E-state index contributed by atoms with van der Waals surface area (Å²) in [5.41, 5.74) is 5.91. The fourth-order valence-corrected chi connectivity index (χ4v) is 1.85. The molecule has 3 heteroatoms. The van der Waals surface area contributed by atoms with Gasteiger partial charge in [-0.3, -0.25) is 10.0 Å². The SMILES string of the molecule is CCCCN1C=CCN(c2ccc(C)cc2)N1. The van der Waals surface area contributed by atoms with Gasteiger partial charge in [-0.2, -0.15) is 0 Å². The Bertz CT molecular complexity index is 370. The molecule has 0 aliphatic carbocycles. The summed E-state index contributed by atoms with van der Waals surface area (Å²) in [5.74, 6) is 0. The molecule has 0 bridgehead atoms. The lowest BCUT2D eigenvalue weighted by Crippen LogP contribution is -2.50. The number of hydrogen-bond donors (Lipinski definition) is 1. The second-order valence-corrected chi connectivity index (χ2v) is 4.48. The van der Waals surface area contributed by atoms with E-state index in [9.17, 15) is 0 Å². The van der Waals surface area contributed by atoms with Gasteiger partial charge in [0.1, 0.15) is 0 Å². The summed E-state index contributed by atoms with van der Waals surface area (Å²) >= 11 is 0. The summed E-state index contributed by atoms with van der Waals surface area (Å²) in [6.45, 7) is 6.29. The third-order valence-corrected chi connectivity index (χ3v) is 2.92. The average Bonchev–Trinajstić information content (AvgIpc) is 2.37. The first-order chi connectivity index (χ1) is 8.29. The highest BCUT2D eigenvalue weighted by atomic mass is 15.8. The van der Waals surface area contributed by atoms with E-state index in [2.05, 4.69) is 65.9 Å². The Kier molecular flexibility index (Phi) is 4.04. The van der Waals surface area contributed by atoms with Crippen LogP contribution in [0, 0.1) is 6.92 Å². The number of aryl methyl sites for hydroxylation is 1. The molecule has 17 heavy (non-hydrogen) atoms. The largest absolute Gasteiger partial charge is 0.298 e. The standard InChI is InChI=1S/C14H21N3/c1-3-4-10-16-11-5-12-17(15-16)14-8-6-13(2)7-9-14/h5-9,11,15H,3-4,10,12H2,1-2H3. The van der Waals surface area contributed by atoms with Crippen molar-refractivity contribution in [1.82, 2.24) is 10.5 Å². The van der Waals surface area contributed by atoms with Gasteiger partial charge in [-0.25, -0.2) is 0 Å². The lowest BCUT2D eigenvalue weighted by molar-refractivity contribution is 0.246. The van der Waals surface area contributed by atoms with Crippen molar-refractivity contribution in [2.45, 2.75) is 26.7 Å². The van der Waals surface area contributed by atoms with Crippen LogP contribution >= 0.6 is 0 Å². The predicted molar refractivity (Wildman–Crippen MR) is 72.4 cm³/mol. The van der Waals surface area contributed by atoms with E-state index in [1.807, 2.05) is 0 Å². The lowest BCUT2D eigenvalue weighted by Gasteiger charge is -2.34. The summed E-state index contributed by atoms with van der Waals surface area (Å²) in [6, 6.07) is 8.59. The molecular formula is C14H21N3. The maximum Gasteiger partial charge on any atom is 0.0560 e. The van der Waals surface area contributed by atoms with E-state index in [-0.39, 0.29) is 0 Å². The molecule has 0 radical (unpaired) electrons. The van der Waals surface area contributed by atoms with Crippen LogP contribution in [0.3, 0.4) is 0 Å². The summed E-state index contributed by atoms with van der Waals surface area (Å²) < 4.78 is 0. The van der Waals surface area contributed by atoms with Crippen molar-refractivity contribution in [3.63, 3.8) is 0 Å². The normalized spacial score (nSPS) is 15.4. The molecule has 1 heterocycles. The van der Waals surface area contributed by atoms with Crippen LogP contribution in [0.25, 0.3) is 0 Å². The van der Waals surface area contributed by atoms with Crippen molar-refractivity contribution < 1.29 is 0 Å². The van der Waals surface area contributed by atoms with Gasteiger partial charge in [-0.1, -0.05) is 31.0 Å². The van der Waals surface area contributed by atoms with E-state index in [4.69, 9.17) is 0 Å². The number of unbranched alkanes of at least 4 members (excludes halogenated alkanes) is 1. The first kappa shape index (κ1) is 12.0. The van der Waals surface area contributed by atoms with Crippen molar-refractivity contribution in [2.75, 3.05) is 18.1 Å².